The molecule has 0 aliphatic rings. The molecule has 0 heterocycles. The van der Waals surface area contributed by atoms with E-state index in [1.165, 1.54) is 11.1 Å². The number of rotatable bonds is 8. The van der Waals surface area contributed by atoms with Crippen LogP contribution in [0.1, 0.15) is 42.0 Å². The van der Waals surface area contributed by atoms with E-state index < -0.39 is 0 Å². The number of hydrogen-bond acceptors (Lipinski definition) is 2. The molecule has 24 heavy (non-hydrogen) atoms. The molecule has 130 valence electrons. The molecule has 1 amide bonds. The SMILES string of the molecule is Cc1ccc(CCCCC(=O)NCC(N)c2ccccc2)cc1.Cl. The molecule has 0 saturated carbocycles. The lowest BCUT2D eigenvalue weighted by atomic mass is 10.1. The van der Waals surface area contributed by atoms with Crippen molar-refractivity contribution in [1.29, 1.82) is 0 Å². The Morgan fingerprint density at radius 2 is 1.71 bits per heavy atom. The summed E-state index contributed by atoms with van der Waals surface area (Å²) in [7, 11) is 0. The number of aryl methyl sites for hydroxylation is 2. The number of unbranched alkanes of at least 4 members (excludes halogenated alkanes) is 1. The lowest BCUT2D eigenvalue weighted by Gasteiger charge is -2.13. The van der Waals surface area contributed by atoms with Gasteiger partial charge in [0, 0.05) is 19.0 Å². The van der Waals surface area contributed by atoms with E-state index in [0.717, 1.165) is 24.8 Å². The number of halogens is 1. The minimum absolute atomic E-state index is 0. The molecular formula is C20H27ClN2O. The van der Waals surface area contributed by atoms with Gasteiger partial charge >= 0.3 is 0 Å². The smallest absolute Gasteiger partial charge is 0.220 e. The van der Waals surface area contributed by atoms with Gasteiger partial charge in [-0.3, -0.25) is 4.79 Å². The third kappa shape index (κ3) is 7.16. The second-order valence-electron chi connectivity index (χ2n) is 6.01. The largest absolute Gasteiger partial charge is 0.354 e. The molecule has 3 nitrogen and oxygen atoms in total. The van der Waals surface area contributed by atoms with Crippen LogP contribution in [-0.2, 0) is 11.2 Å². The fourth-order valence-corrected chi connectivity index (χ4v) is 2.50. The van der Waals surface area contributed by atoms with E-state index in [4.69, 9.17) is 5.73 Å². The van der Waals surface area contributed by atoms with Crippen molar-refractivity contribution >= 4 is 18.3 Å². The van der Waals surface area contributed by atoms with Crippen LogP contribution in [0.5, 0.6) is 0 Å². The van der Waals surface area contributed by atoms with E-state index >= 15 is 0 Å². The average Bonchev–Trinajstić information content (AvgIpc) is 2.59. The molecule has 2 rings (SSSR count). The molecule has 0 fully saturated rings. The second kappa shape index (κ2) is 10.8. The van der Waals surface area contributed by atoms with Crippen LogP contribution in [0.25, 0.3) is 0 Å². The van der Waals surface area contributed by atoms with Gasteiger partial charge in [-0.05, 0) is 37.3 Å². The van der Waals surface area contributed by atoms with Gasteiger partial charge in [0.05, 0.1) is 0 Å². The van der Waals surface area contributed by atoms with E-state index in [1.54, 1.807) is 0 Å². The first kappa shape index (κ1) is 20.2. The van der Waals surface area contributed by atoms with Crippen LogP contribution in [0.4, 0.5) is 0 Å². The van der Waals surface area contributed by atoms with Crippen LogP contribution in [0.3, 0.4) is 0 Å². The zero-order valence-corrected chi connectivity index (χ0v) is 15.0. The normalized spacial score (nSPS) is 11.4. The van der Waals surface area contributed by atoms with Gasteiger partial charge in [0.1, 0.15) is 0 Å². The Balaban J connectivity index is 0.00000288. The van der Waals surface area contributed by atoms with Gasteiger partial charge in [0.25, 0.3) is 0 Å². The first-order valence-electron chi connectivity index (χ1n) is 8.28. The van der Waals surface area contributed by atoms with Crippen LogP contribution >= 0.6 is 12.4 Å². The third-order valence-corrected chi connectivity index (χ3v) is 3.99. The molecule has 0 bridgehead atoms. The molecule has 3 N–H and O–H groups in total. The third-order valence-electron chi connectivity index (χ3n) is 3.99. The van der Waals surface area contributed by atoms with Gasteiger partial charge in [-0.25, -0.2) is 0 Å². The minimum Gasteiger partial charge on any atom is -0.354 e. The van der Waals surface area contributed by atoms with E-state index in [0.29, 0.717) is 13.0 Å². The maximum absolute atomic E-state index is 11.9. The van der Waals surface area contributed by atoms with Crippen molar-refractivity contribution in [2.45, 2.75) is 38.6 Å². The fraction of sp³-hybridized carbons (Fsp3) is 0.350. The average molecular weight is 347 g/mol. The van der Waals surface area contributed by atoms with E-state index in [2.05, 4.69) is 36.5 Å². The maximum atomic E-state index is 11.9. The number of nitrogens with two attached hydrogens (primary N) is 1. The zero-order chi connectivity index (χ0) is 16.5. The number of carbonyl (C=O) groups excluding carboxylic acids is 1. The quantitative estimate of drug-likeness (QED) is 0.711. The fourth-order valence-electron chi connectivity index (χ4n) is 2.50. The van der Waals surface area contributed by atoms with Crippen LogP contribution in [0.2, 0.25) is 0 Å². The van der Waals surface area contributed by atoms with Crippen molar-refractivity contribution in [2.24, 2.45) is 5.73 Å². The lowest BCUT2D eigenvalue weighted by molar-refractivity contribution is -0.121. The van der Waals surface area contributed by atoms with Crippen molar-refractivity contribution in [2.75, 3.05) is 6.54 Å². The number of nitrogens with one attached hydrogen (secondary N) is 1. The molecule has 4 heteroatoms. The van der Waals surface area contributed by atoms with E-state index in [-0.39, 0.29) is 24.4 Å². The summed E-state index contributed by atoms with van der Waals surface area (Å²) in [5.74, 6) is 0.0836. The van der Waals surface area contributed by atoms with Gasteiger partial charge in [0.15, 0.2) is 0 Å². The van der Waals surface area contributed by atoms with Gasteiger partial charge in [-0.2, -0.15) is 0 Å². The number of carbonyl (C=O) groups is 1. The summed E-state index contributed by atoms with van der Waals surface area (Å²) in [5, 5.41) is 2.92. The molecule has 0 spiro atoms. The summed E-state index contributed by atoms with van der Waals surface area (Å²) in [6, 6.07) is 18.3. The highest BCUT2D eigenvalue weighted by Crippen LogP contribution is 2.10. The summed E-state index contributed by atoms with van der Waals surface area (Å²) in [6.45, 7) is 2.58. The molecule has 2 aromatic carbocycles. The van der Waals surface area contributed by atoms with Crippen LogP contribution in [0.15, 0.2) is 54.6 Å². The molecule has 0 aliphatic heterocycles. The summed E-state index contributed by atoms with van der Waals surface area (Å²) >= 11 is 0. The monoisotopic (exact) mass is 346 g/mol. The Bertz CT molecular complexity index is 599. The molecule has 0 radical (unpaired) electrons. The molecular weight excluding hydrogens is 320 g/mol. The number of benzene rings is 2. The first-order chi connectivity index (χ1) is 11.1. The Kier molecular flexibility index (Phi) is 9.13. The molecule has 1 unspecified atom stereocenters. The van der Waals surface area contributed by atoms with Crippen LogP contribution < -0.4 is 11.1 Å². The standard InChI is InChI=1S/C20H26N2O.ClH/c1-16-11-13-17(14-12-16)7-5-6-10-20(23)22-15-19(21)18-8-3-2-4-9-18;/h2-4,8-9,11-14,19H,5-7,10,15,21H2,1H3,(H,22,23);1H. The Hall–Kier alpha value is -1.84. The van der Waals surface area contributed by atoms with E-state index in [9.17, 15) is 4.79 Å². The summed E-state index contributed by atoms with van der Waals surface area (Å²) in [5.41, 5.74) is 9.74. The Labute approximate surface area is 151 Å². The zero-order valence-electron chi connectivity index (χ0n) is 14.2. The van der Waals surface area contributed by atoms with Crippen molar-refractivity contribution in [3.05, 3.63) is 71.3 Å². The van der Waals surface area contributed by atoms with Crippen LogP contribution in [-0.4, -0.2) is 12.5 Å². The lowest BCUT2D eigenvalue weighted by Crippen LogP contribution is -2.31. The second-order valence-corrected chi connectivity index (χ2v) is 6.01. The summed E-state index contributed by atoms with van der Waals surface area (Å²) in [4.78, 5) is 11.9. The summed E-state index contributed by atoms with van der Waals surface area (Å²) in [6.07, 6.45) is 3.52. The molecule has 0 aromatic heterocycles. The first-order valence-corrected chi connectivity index (χ1v) is 8.28. The summed E-state index contributed by atoms with van der Waals surface area (Å²) < 4.78 is 0. The highest BCUT2D eigenvalue weighted by atomic mass is 35.5. The molecule has 0 aliphatic carbocycles. The van der Waals surface area contributed by atoms with Crippen molar-refractivity contribution < 1.29 is 4.79 Å². The highest BCUT2D eigenvalue weighted by Gasteiger charge is 2.07. The van der Waals surface area contributed by atoms with Gasteiger partial charge < -0.3 is 11.1 Å². The van der Waals surface area contributed by atoms with E-state index in [1.807, 2.05) is 30.3 Å². The predicted molar refractivity (Wildman–Crippen MR) is 102 cm³/mol. The number of hydrogen-bond donors (Lipinski definition) is 2. The van der Waals surface area contributed by atoms with Crippen molar-refractivity contribution in [1.82, 2.24) is 5.32 Å². The maximum Gasteiger partial charge on any atom is 0.220 e. The minimum atomic E-state index is -0.146. The molecule has 1 atom stereocenters. The van der Waals surface area contributed by atoms with Gasteiger partial charge in [0.2, 0.25) is 5.91 Å². The van der Waals surface area contributed by atoms with Crippen molar-refractivity contribution in [3.63, 3.8) is 0 Å². The highest BCUT2D eigenvalue weighted by molar-refractivity contribution is 5.85. The number of amides is 1. The van der Waals surface area contributed by atoms with Gasteiger partial charge in [-0.1, -0.05) is 60.2 Å². The van der Waals surface area contributed by atoms with Gasteiger partial charge in [-0.15, -0.1) is 12.4 Å². The van der Waals surface area contributed by atoms with Crippen LogP contribution in [0, 0.1) is 6.92 Å². The Morgan fingerprint density at radius 3 is 2.38 bits per heavy atom. The molecule has 2 aromatic rings. The predicted octanol–water partition coefficient (Wildman–Crippen LogP) is 3.95. The Morgan fingerprint density at radius 1 is 1.04 bits per heavy atom. The molecule has 0 saturated heterocycles. The topological polar surface area (TPSA) is 55.1 Å². The van der Waals surface area contributed by atoms with Crippen molar-refractivity contribution in [3.8, 4) is 0 Å².